The quantitative estimate of drug-likeness (QED) is 0.820. The maximum absolute atomic E-state index is 11.6. The van der Waals surface area contributed by atoms with Gasteiger partial charge in [0.1, 0.15) is 6.04 Å². The van der Waals surface area contributed by atoms with Crippen molar-refractivity contribution < 1.29 is 4.79 Å². The third-order valence-corrected chi connectivity index (χ3v) is 4.58. The van der Waals surface area contributed by atoms with Crippen molar-refractivity contribution in [2.75, 3.05) is 32.7 Å². The summed E-state index contributed by atoms with van der Waals surface area (Å²) in [5.41, 5.74) is 6.90. The van der Waals surface area contributed by atoms with E-state index in [4.69, 9.17) is 5.73 Å². The molecule has 3 rings (SSSR count). The summed E-state index contributed by atoms with van der Waals surface area (Å²) in [6.45, 7) is 5.65. The van der Waals surface area contributed by atoms with Crippen molar-refractivity contribution in [3.63, 3.8) is 0 Å². The monoisotopic (exact) mass is 288 g/mol. The molecule has 1 aromatic carbocycles. The molecule has 1 amide bonds. The molecular weight excluding hydrogens is 264 g/mol. The standard InChI is InChI=1S/C16H24N4O/c17-16(21)15-10-18-7-9-20(15)14-6-8-19(12-14)11-13-4-2-1-3-5-13/h1-5,14-15,18H,6-12H2,(H2,17,21). The number of nitrogens with two attached hydrogens (primary N) is 1. The highest BCUT2D eigenvalue weighted by Gasteiger charge is 2.35. The van der Waals surface area contributed by atoms with Crippen LogP contribution < -0.4 is 11.1 Å². The Morgan fingerprint density at radius 1 is 1.29 bits per heavy atom. The summed E-state index contributed by atoms with van der Waals surface area (Å²) in [6, 6.07) is 10.9. The van der Waals surface area contributed by atoms with E-state index in [2.05, 4.69) is 45.4 Å². The number of nitrogens with one attached hydrogen (secondary N) is 1. The molecule has 0 spiro atoms. The average Bonchev–Trinajstić information content (AvgIpc) is 2.96. The van der Waals surface area contributed by atoms with Gasteiger partial charge in [-0.05, 0) is 12.0 Å². The largest absolute Gasteiger partial charge is 0.368 e. The van der Waals surface area contributed by atoms with Crippen molar-refractivity contribution in [2.24, 2.45) is 5.73 Å². The number of likely N-dealkylation sites (tertiary alicyclic amines) is 1. The predicted molar refractivity (Wildman–Crippen MR) is 82.7 cm³/mol. The van der Waals surface area contributed by atoms with Crippen LogP contribution in [0.3, 0.4) is 0 Å². The summed E-state index contributed by atoms with van der Waals surface area (Å²) >= 11 is 0. The lowest BCUT2D eigenvalue weighted by molar-refractivity contribution is -0.124. The van der Waals surface area contributed by atoms with E-state index in [9.17, 15) is 4.79 Å². The van der Waals surface area contributed by atoms with Crippen molar-refractivity contribution in [1.82, 2.24) is 15.1 Å². The number of rotatable bonds is 4. The third kappa shape index (κ3) is 3.43. The molecule has 114 valence electrons. The van der Waals surface area contributed by atoms with E-state index in [0.717, 1.165) is 39.1 Å². The van der Waals surface area contributed by atoms with E-state index >= 15 is 0 Å². The van der Waals surface area contributed by atoms with Gasteiger partial charge in [-0.25, -0.2) is 0 Å². The maximum Gasteiger partial charge on any atom is 0.236 e. The fraction of sp³-hybridized carbons (Fsp3) is 0.562. The SMILES string of the molecule is NC(=O)C1CNCCN1C1CCN(Cc2ccccc2)C1. The smallest absolute Gasteiger partial charge is 0.236 e. The minimum absolute atomic E-state index is 0.152. The van der Waals surface area contributed by atoms with Crippen LogP contribution >= 0.6 is 0 Å². The molecule has 5 nitrogen and oxygen atoms in total. The topological polar surface area (TPSA) is 61.6 Å². The van der Waals surface area contributed by atoms with E-state index in [0.29, 0.717) is 12.6 Å². The zero-order valence-electron chi connectivity index (χ0n) is 12.4. The highest BCUT2D eigenvalue weighted by molar-refractivity contribution is 5.80. The van der Waals surface area contributed by atoms with Gasteiger partial charge in [0, 0.05) is 45.3 Å². The van der Waals surface area contributed by atoms with E-state index in [1.54, 1.807) is 0 Å². The van der Waals surface area contributed by atoms with Crippen LogP contribution in [0.15, 0.2) is 30.3 Å². The summed E-state index contributed by atoms with van der Waals surface area (Å²) in [6.07, 6.45) is 1.12. The van der Waals surface area contributed by atoms with Crippen LogP contribution in [0.5, 0.6) is 0 Å². The Morgan fingerprint density at radius 3 is 2.86 bits per heavy atom. The van der Waals surface area contributed by atoms with Crippen LogP contribution in [0.2, 0.25) is 0 Å². The average molecular weight is 288 g/mol. The molecule has 21 heavy (non-hydrogen) atoms. The predicted octanol–water partition coefficient (Wildman–Crippen LogP) is 0.0200. The first-order chi connectivity index (χ1) is 10.2. The molecule has 1 aromatic rings. The number of piperazine rings is 1. The Bertz CT molecular complexity index is 478. The second kappa shape index (κ2) is 6.56. The van der Waals surface area contributed by atoms with Gasteiger partial charge in [-0.15, -0.1) is 0 Å². The molecule has 0 saturated carbocycles. The van der Waals surface area contributed by atoms with Gasteiger partial charge >= 0.3 is 0 Å². The minimum atomic E-state index is -0.205. The number of nitrogens with zero attached hydrogens (tertiary/aromatic N) is 2. The fourth-order valence-corrected chi connectivity index (χ4v) is 3.49. The number of benzene rings is 1. The van der Waals surface area contributed by atoms with Gasteiger partial charge in [0.25, 0.3) is 0 Å². The van der Waals surface area contributed by atoms with E-state index in [1.165, 1.54) is 5.56 Å². The Hall–Kier alpha value is -1.43. The molecule has 2 aliphatic rings. The van der Waals surface area contributed by atoms with Gasteiger partial charge in [-0.1, -0.05) is 30.3 Å². The lowest BCUT2D eigenvalue weighted by Crippen LogP contribution is -2.60. The lowest BCUT2D eigenvalue weighted by Gasteiger charge is -2.38. The molecule has 0 bridgehead atoms. The number of carbonyl (C=O) groups is 1. The number of hydrogen-bond acceptors (Lipinski definition) is 4. The Labute approximate surface area is 126 Å². The molecule has 2 unspecified atom stereocenters. The summed E-state index contributed by atoms with van der Waals surface area (Å²) in [4.78, 5) is 16.4. The number of amides is 1. The Kier molecular flexibility index (Phi) is 4.53. The molecular formula is C16H24N4O. The molecule has 2 heterocycles. The molecule has 2 saturated heterocycles. The van der Waals surface area contributed by atoms with Crippen LogP contribution in [-0.2, 0) is 11.3 Å². The first kappa shape index (κ1) is 14.5. The van der Waals surface area contributed by atoms with Crippen LogP contribution in [0.1, 0.15) is 12.0 Å². The van der Waals surface area contributed by atoms with Gasteiger partial charge in [0.05, 0.1) is 0 Å². The lowest BCUT2D eigenvalue weighted by atomic mass is 10.1. The second-order valence-corrected chi connectivity index (χ2v) is 6.02. The first-order valence-corrected chi connectivity index (χ1v) is 7.76. The maximum atomic E-state index is 11.6. The zero-order valence-corrected chi connectivity index (χ0v) is 12.4. The molecule has 5 heteroatoms. The van der Waals surface area contributed by atoms with Crippen LogP contribution in [0, 0.1) is 0 Å². The van der Waals surface area contributed by atoms with E-state index < -0.39 is 0 Å². The summed E-state index contributed by atoms with van der Waals surface area (Å²) in [5, 5.41) is 3.26. The van der Waals surface area contributed by atoms with Crippen molar-refractivity contribution in [1.29, 1.82) is 0 Å². The highest BCUT2D eigenvalue weighted by Crippen LogP contribution is 2.20. The van der Waals surface area contributed by atoms with Gasteiger partial charge in [-0.2, -0.15) is 0 Å². The summed E-state index contributed by atoms with van der Waals surface area (Å²) < 4.78 is 0. The van der Waals surface area contributed by atoms with Crippen molar-refractivity contribution in [3.05, 3.63) is 35.9 Å². The van der Waals surface area contributed by atoms with E-state index in [-0.39, 0.29) is 11.9 Å². The van der Waals surface area contributed by atoms with Crippen LogP contribution in [-0.4, -0.2) is 60.5 Å². The van der Waals surface area contributed by atoms with Gasteiger partial charge in [-0.3, -0.25) is 14.6 Å². The fourth-order valence-electron chi connectivity index (χ4n) is 3.49. The molecule has 2 aliphatic heterocycles. The molecule has 3 N–H and O–H groups in total. The van der Waals surface area contributed by atoms with Crippen molar-refractivity contribution >= 4 is 5.91 Å². The van der Waals surface area contributed by atoms with Gasteiger partial charge in [0.2, 0.25) is 5.91 Å². The summed E-state index contributed by atoms with van der Waals surface area (Å²) in [7, 11) is 0. The molecule has 0 radical (unpaired) electrons. The highest BCUT2D eigenvalue weighted by atomic mass is 16.1. The van der Waals surface area contributed by atoms with Crippen LogP contribution in [0.4, 0.5) is 0 Å². The van der Waals surface area contributed by atoms with Crippen LogP contribution in [0.25, 0.3) is 0 Å². The number of carbonyl (C=O) groups excluding carboxylic acids is 1. The second-order valence-electron chi connectivity index (χ2n) is 6.02. The molecule has 2 fully saturated rings. The molecule has 0 aliphatic carbocycles. The Balaban J connectivity index is 1.59. The Morgan fingerprint density at radius 2 is 2.10 bits per heavy atom. The van der Waals surface area contributed by atoms with Crippen molar-refractivity contribution in [2.45, 2.75) is 25.0 Å². The molecule has 2 atom stereocenters. The van der Waals surface area contributed by atoms with E-state index in [1.807, 2.05) is 0 Å². The third-order valence-electron chi connectivity index (χ3n) is 4.58. The number of hydrogen-bond donors (Lipinski definition) is 2. The first-order valence-electron chi connectivity index (χ1n) is 7.76. The zero-order chi connectivity index (χ0) is 14.7. The number of primary amides is 1. The normalized spacial score (nSPS) is 27.8. The van der Waals surface area contributed by atoms with Crippen molar-refractivity contribution in [3.8, 4) is 0 Å². The van der Waals surface area contributed by atoms with Gasteiger partial charge in [0.15, 0.2) is 0 Å². The van der Waals surface area contributed by atoms with Gasteiger partial charge < -0.3 is 11.1 Å². The summed E-state index contributed by atoms with van der Waals surface area (Å²) in [5.74, 6) is -0.205. The minimum Gasteiger partial charge on any atom is -0.368 e. The molecule has 0 aromatic heterocycles.